The molecule has 1 atom stereocenters. The van der Waals surface area contributed by atoms with Crippen LogP contribution in [0.1, 0.15) is 44.5 Å². The monoisotopic (exact) mass is 423 g/mol. The van der Waals surface area contributed by atoms with E-state index >= 15 is 0 Å². The Labute approximate surface area is 169 Å². The lowest BCUT2D eigenvalue weighted by molar-refractivity contribution is -0.119. The van der Waals surface area contributed by atoms with Crippen LogP contribution in [0.3, 0.4) is 0 Å². The maximum atomic E-state index is 13.6. The molecule has 0 bridgehead atoms. The van der Waals surface area contributed by atoms with E-state index in [0.29, 0.717) is 29.0 Å². The Kier molecular flexibility index (Phi) is 6.26. The van der Waals surface area contributed by atoms with Crippen molar-refractivity contribution in [3.8, 4) is 0 Å². The van der Waals surface area contributed by atoms with Crippen molar-refractivity contribution in [2.45, 2.75) is 26.2 Å². The second-order valence-electron chi connectivity index (χ2n) is 6.80. The van der Waals surface area contributed by atoms with Gasteiger partial charge in [-0.25, -0.2) is 18.4 Å². The average Bonchev–Trinajstić information content (AvgIpc) is 3.02. The molecule has 6 nitrogen and oxygen atoms in total. The van der Waals surface area contributed by atoms with Crippen molar-refractivity contribution < 1.29 is 32.6 Å². The summed E-state index contributed by atoms with van der Waals surface area (Å²) < 4.78 is 36.2. The number of rotatable bonds is 5. The maximum Gasteiger partial charge on any atom is 0.341 e. The predicted octanol–water partition coefficient (Wildman–Crippen LogP) is 3.73. The van der Waals surface area contributed by atoms with Gasteiger partial charge in [0.15, 0.2) is 6.61 Å². The lowest BCUT2D eigenvalue weighted by Crippen LogP contribution is -2.22. The van der Waals surface area contributed by atoms with Crippen molar-refractivity contribution in [3.63, 3.8) is 0 Å². The first-order valence-corrected chi connectivity index (χ1v) is 9.76. The van der Waals surface area contributed by atoms with Crippen LogP contribution in [0.5, 0.6) is 0 Å². The number of amides is 1. The number of thiophene rings is 1. The van der Waals surface area contributed by atoms with Gasteiger partial charge in [-0.2, -0.15) is 0 Å². The first-order chi connectivity index (χ1) is 13.8. The van der Waals surface area contributed by atoms with E-state index in [-0.39, 0.29) is 0 Å². The van der Waals surface area contributed by atoms with Gasteiger partial charge < -0.3 is 14.8 Å². The van der Waals surface area contributed by atoms with Gasteiger partial charge in [-0.05, 0) is 42.9 Å². The molecule has 2 aromatic rings. The van der Waals surface area contributed by atoms with Crippen molar-refractivity contribution >= 4 is 34.2 Å². The lowest BCUT2D eigenvalue weighted by atomic mass is 9.88. The summed E-state index contributed by atoms with van der Waals surface area (Å²) in [5, 5.41) is 2.91. The summed E-state index contributed by atoms with van der Waals surface area (Å²) in [6.07, 6.45) is 2.45. The Morgan fingerprint density at radius 2 is 2.00 bits per heavy atom. The molecule has 3 rings (SSSR count). The summed E-state index contributed by atoms with van der Waals surface area (Å²) in [6, 6.07) is 2.41. The van der Waals surface area contributed by atoms with Gasteiger partial charge >= 0.3 is 11.9 Å². The Hall–Kier alpha value is -2.81. The molecule has 0 spiro atoms. The molecular weight excluding hydrogens is 404 g/mol. The van der Waals surface area contributed by atoms with Crippen LogP contribution < -0.4 is 5.32 Å². The number of fused-ring (bicyclic) bond motifs is 1. The van der Waals surface area contributed by atoms with Crippen molar-refractivity contribution in [1.29, 1.82) is 0 Å². The summed E-state index contributed by atoms with van der Waals surface area (Å²) in [4.78, 5) is 37.4. The Morgan fingerprint density at radius 1 is 1.24 bits per heavy atom. The summed E-state index contributed by atoms with van der Waals surface area (Å²) in [6.45, 7) is 1.43. The highest BCUT2D eigenvalue weighted by Gasteiger charge is 2.29. The fourth-order valence-electron chi connectivity index (χ4n) is 3.18. The zero-order chi connectivity index (χ0) is 21.1. The second-order valence-corrected chi connectivity index (χ2v) is 7.90. The largest absolute Gasteiger partial charge is 0.465 e. The van der Waals surface area contributed by atoms with Crippen molar-refractivity contribution in [2.24, 2.45) is 5.92 Å². The molecule has 0 radical (unpaired) electrons. The molecule has 1 unspecified atom stereocenters. The highest BCUT2D eigenvalue weighted by molar-refractivity contribution is 7.17. The molecule has 0 aliphatic heterocycles. The van der Waals surface area contributed by atoms with Gasteiger partial charge in [-0.3, -0.25) is 4.79 Å². The van der Waals surface area contributed by atoms with Gasteiger partial charge in [0.1, 0.15) is 16.6 Å². The van der Waals surface area contributed by atoms with Crippen LogP contribution >= 0.6 is 11.3 Å². The number of carbonyl (C=O) groups is 3. The van der Waals surface area contributed by atoms with Gasteiger partial charge in [-0.15, -0.1) is 11.3 Å². The first kappa shape index (κ1) is 20.9. The van der Waals surface area contributed by atoms with Crippen LogP contribution in [0.4, 0.5) is 13.8 Å². The van der Waals surface area contributed by atoms with E-state index in [1.807, 2.05) is 0 Å². The molecule has 1 heterocycles. The van der Waals surface area contributed by atoms with Crippen LogP contribution in [0, 0.1) is 17.6 Å². The number of nitrogens with one attached hydrogen (secondary N) is 1. The Balaban J connectivity index is 1.70. The first-order valence-electron chi connectivity index (χ1n) is 8.95. The van der Waals surface area contributed by atoms with E-state index in [1.165, 1.54) is 18.4 Å². The molecule has 1 N–H and O–H groups in total. The van der Waals surface area contributed by atoms with Crippen LogP contribution in [0.15, 0.2) is 18.2 Å². The number of halogens is 2. The van der Waals surface area contributed by atoms with E-state index in [1.54, 1.807) is 0 Å². The number of methoxy groups -OCH3 is 1. The molecule has 154 valence electrons. The van der Waals surface area contributed by atoms with E-state index in [0.717, 1.165) is 35.4 Å². The number of anilines is 1. The SMILES string of the molecule is COC(=O)c1c(NC(=O)COC(=O)c2ccc(F)cc2F)sc2c1CCC(C)C2. The smallest absolute Gasteiger partial charge is 0.341 e. The number of benzene rings is 1. The van der Waals surface area contributed by atoms with Gasteiger partial charge in [-0.1, -0.05) is 6.92 Å². The van der Waals surface area contributed by atoms with E-state index in [9.17, 15) is 23.2 Å². The molecule has 1 aliphatic rings. The fraction of sp³-hybridized carbons (Fsp3) is 0.350. The maximum absolute atomic E-state index is 13.6. The third-order valence-electron chi connectivity index (χ3n) is 4.64. The third-order valence-corrected chi connectivity index (χ3v) is 5.81. The second kappa shape index (κ2) is 8.69. The summed E-state index contributed by atoms with van der Waals surface area (Å²) in [7, 11) is 1.27. The number of hydrogen-bond donors (Lipinski definition) is 1. The average molecular weight is 423 g/mol. The van der Waals surface area contributed by atoms with E-state index in [2.05, 4.69) is 12.2 Å². The molecule has 0 fully saturated rings. The summed E-state index contributed by atoms with van der Waals surface area (Å²) in [5.41, 5.74) is 0.722. The summed E-state index contributed by atoms with van der Waals surface area (Å²) in [5.74, 6) is -3.76. The van der Waals surface area contributed by atoms with Gasteiger partial charge in [0, 0.05) is 10.9 Å². The zero-order valence-electron chi connectivity index (χ0n) is 15.8. The van der Waals surface area contributed by atoms with E-state index < -0.39 is 41.7 Å². The molecule has 29 heavy (non-hydrogen) atoms. The molecule has 1 aromatic heterocycles. The number of esters is 2. The van der Waals surface area contributed by atoms with E-state index in [4.69, 9.17) is 9.47 Å². The van der Waals surface area contributed by atoms with Crippen LogP contribution in [0.2, 0.25) is 0 Å². The summed E-state index contributed by atoms with van der Waals surface area (Å²) >= 11 is 1.30. The van der Waals surface area contributed by atoms with Crippen molar-refractivity contribution in [2.75, 3.05) is 19.0 Å². The van der Waals surface area contributed by atoms with Gasteiger partial charge in [0.05, 0.1) is 18.2 Å². The predicted molar refractivity (Wildman–Crippen MR) is 102 cm³/mol. The minimum absolute atomic E-state index is 0.323. The zero-order valence-corrected chi connectivity index (χ0v) is 16.7. The molecule has 1 aromatic carbocycles. The number of ether oxygens (including phenoxy) is 2. The van der Waals surface area contributed by atoms with Crippen molar-refractivity contribution in [3.05, 3.63) is 51.4 Å². The van der Waals surface area contributed by atoms with Crippen LogP contribution in [0.25, 0.3) is 0 Å². The quantitative estimate of drug-likeness (QED) is 0.741. The number of hydrogen-bond acceptors (Lipinski definition) is 6. The van der Waals surface area contributed by atoms with Crippen molar-refractivity contribution in [1.82, 2.24) is 0 Å². The van der Waals surface area contributed by atoms with Crippen LogP contribution in [-0.2, 0) is 27.1 Å². The molecular formula is C20H19F2NO5S. The highest BCUT2D eigenvalue weighted by Crippen LogP contribution is 2.40. The topological polar surface area (TPSA) is 81.7 Å². The molecule has 9 heteroatoms. The normalized spacial score (nSPS) is 15.4. The highest BCUT2D eigenvalue weighted by atomic mass is 32.1. The molecule has 1 aliphatic carbocycles. The molecule has 0 saturated carbocycles. The van der Waals surface area contributed by atoms with Crippen LogP contribution in [-0.4, -0.2) is 31.6 Å². The van der Waals surface area contributed by atoms with Gasteiger partial charge in [0.25, 0.3) is 5.91 Å². The van der Waals surface area contributed by atoms with Gasteiger partial charge in [0.2, 0.25) is 0 Å². The molecule has 1 amide bonds. The molecule has 0 saturated heterocycles. The fourth-order valence-corrected chi connectivity index (χ4v) is 4.60. The Morgan fingerprint density at radius 3 is 2.69 bits per heavy atom. The third kappa shape index (κ3) is 4.61. The standard InChI is InChI=1S/C20H19F2NO5S/c1-10-3-5-13-15(7-10)29-18(17(13)20(26)27-2)23-16(24)9-28-19(25)12-6-4-11(21)8-14(12)22/h4,6,8,10H,3,5,7,9H2,1-2H3,(H,23,24). The number of carbonyl (C=O) groups excluding carboxylic acids is 3. The minimum Gasteiger partial charge on any atom is -0.465 e. The minimum atomic E-state index is -1.09. The lowest BCUT2D eigenvalue weighted by Gasteiger charge is -2.18. The Bertz CT molecular complexity index is 972.